The molecule has 0 unspecified atom stereocenters. The van der Waals surface area contributed by atoms with Gasteiger partial charge in [0, 0.05) is 38.4 Å². The van der Waals surface area contributed by atoms with E-state index in [9.17, 15) is 8.42 Å². The summed E-state index contributed by atoms with van der Waals surface area (Å²) < 4.78 is 35.2. The van der Waals surface area contributed by atoms with Gasteiger partial charge in [-0.3, -0.25) is 4.90 Å². The van der Waals surface area contributed by atoms with Crippen LogP contribution in [0.2, 0.25) is 0 Å². The van der Waals surface area contributed by atoms with Crippen LogP contribution >= 0.6 is 0 Å². The molecule has 0 bridgehead atoms. The Morgan fingerprint density at radius 3 is 2.57 bits per heavy atom. The predicted molar refractivity (Wildman–Crippen MR) is 140 cm³/mol. The molecule has 1 fully saturated rings. The van der Waals surface area contributed by atoms with Crippen molar-refractivity contribution in [2.75, 3.05) is 50.4 Å². The molecule has 0 spiro atoms. The summed E-state index contributed by atoms with van der Waals surface area (Å²) in [5, 5.41) is 10.0. The second kappa shape index (κ2) is 9.18. The van der Waals surface area contributed by atoms with Crippen LogP contribution in [0.1, 0.15) is 0 Å². The number of piperazine rings is 1. The molecule has 4 aromatic heterocycles. The lowest BCUT2D eigenvalue weighted by Crippen LogP contribution is -2.47. The number of benzene rings is 1. The molecule has 3 N–H and O–H groups in total. The molecule has 0 radical (unpaired) electrons. The molecular formula is C24H27N9O3S. The van der Waals surface area contributed by atoms with Crippen molar-refractivity contribution >= 4 is 38.2 Å². The van der Waals surface area contributed by atoms with Crippen LogP contribution < -0.4 is 15.4 Å². The summed E-state index contributed by atoms with van der Waals surface area (Å²) in [6.45, 7) is 5.01. The number of sulfonamides is 1. The van der Waals surface area contributed by atoms with Gasteiger partial charge in [-0.25, -0.2) is 17.8 Å². The lowest BCUT2D eigenvalue weighted by molar-refractivity contribution is 0.245. The Morgan fingerprint density at radius 2 is 1.86 bits per heavy atom. The summed E-state index contributed by atoms with van der Waals surface area (Å²) in [5.74, 6) is 0.964. The Balaban J connectivity index is 1.12. The van der Waals surface area contributed by atoms with Crippen LogP contribution in [-0.2, 0) is 16.6 Å². The Hall–Kier alpha value is -3.94. The van der Waals surface area contributed by atoms with Crippen molar-refractivity contribution in [2.24, 2.45) is 0 Å². The van der Waals surface area contributed by atoms with Crippen molar-refractivity contribution in [3.63, 3.8) is 0 Å². The lowest BCUT2D eigenvalue weighted by Gasteiger charge is -2.36. The Kier molecular flexibility index (Phi) is 5.82. The average molecular weight is 522 g/mol. The first-order valence-corrected chi connectivity index (χ1v) is 13.5. The highest BCUT2D eigenvalue weighted by Crippen LogP contribution is 2.26. The molecular weight excluding hydrogens is 494 g/mol. The normalized spacial score (nSPS) is 15.2. The van der Waals surface area contributed by atoms with Gasteiger partial charge >= 0.3 is 0 Å². The monoisotopic (exact) mass is 521 g/mol. The fraction of sp³-hybridized carbons (Fsp3) is 0.292. The number of nitrogens with one attached hydrogen (secondary N) is 1. The van der Waals surface area contributed by atoms with E-state index < -0.39 is 10.0 Å². The first kappa shape index (κ1) is 23.5. The summed E-state index contributed by atoms with van der Waals surface area (Å²) in [5.41, 5.74) is 9.51. The van der Waals surface area contributed by atoms with Gasteiger partial charge in [-0.1, -0.05) is 0 Å². The van der Waals surface area contributed by atoms with Crippen LogP contribution in [-0.4, -0.2) is 77.5 Å². The molecule has 1 aliphatic heterocycles. The Morgan fingerprint density at radius 1 is 1.08 bits per heavy atom. The maximum atomic E-state index is 12.0. The molecule has 13 heteroatoms. The van der Waals surface area contributed by atoms with Crippen molar-refractivity contribution in [2.45, 2.75) is 11.4 Å². The number of furan rings is 1. The zero-order valence-corrected chi connectivity index (χ0v) is 21.1. The van der Waals surface area contributed by atoms with Crippen molar-refractivity contribution in [3.05, 3.63) is 54.9 Å². The standard InChI is InChI=1S/C24H27N9O3S/c1-26-37(34,35)18-6-4-17(5-7-18)31-11-8-30(9-12-31)10-13-32-23-19(16-27-32)21-15-20(22-3-2-14-36-22)29-33(21)24(25)28-23/h2-7,14-16,26H,8-13H2,1H3,(H2,25,28). The van der Waals surface area contributed by atoms with Crippen LogP contribution in [0.4, 0.5) is 11.6 Å². The SMILES string of the molecule is CNS(=O)(=O)c1ccc(N2CCN(CCn3ncc4c3nc(N)n3nc(-c5ccco5)cc43)CC2)cc1. The average Bonchev–Trinajstić information content (AvgIpc) is 3.68. The second-order valence-corrected chi connectivity index (χ2v) is 10.8. The van der Waals surface area contributed by atoms with Gasteiger partial charge in [0.1, 0.15) is 5.69 Å². The van der Waals surface area contributed by atoms with Gasteiger partial charge in [0.2, 0.25) is 16.0 Å². The fourth-order valence-electron chi connectivity index (χ4n) is 4.71. The zero-order valence-electron chi connectivity index (χ0n) is 20.3. The van der Waals surface area contributed by atoms with E-state index >= 15 is 0 Å². The van der Waals surface area contributed by atoms with E-state index in [-0.39, 0.29) is 4.90 Å². The summed E-state index contributed by atoms with van der Waals surface area (Å²) in [7, 11) is -2.02. The third kappa shape index (κ3) is 4.30. The summed E-state index contributed by atoms with van der Waals surface area (Å²) >= 11 is 0. The minimum atomic E-state index is -3.43. The molecule has 5 heterocycles. The molecule has 37 heavy (non-hydrogen) atoms. The largest absolute Gasteiger partial charge is 0.463 e. The van der Waals surface area contributed by atoms with E-state index in [0.29, 0.717) is 23.9 Å². The highest BCUT2D eigenvalue weighted by Gasteiger charge is 2.20. The molecule has 0 aliphatic carbocycles. The number of aromatic nitrogens is 5. The molecule has 1 aliphatic rings. The molecule has 1 saturated heterocycles. The van der Waals surface area contributed by atoms with Gasteiger partial charge in [0.05, 0.1) is 34.8 Å². The van der Waals surface area contributed by atoms with E-state index in [1.165, 1.54) is 7.05 Å². The van der Waals surface area contributed by atoms with Gasteiger partial charge in [0.25, 0.3) is 0 Å². The first-order chi connectivity index (χ1) is 17.9. The predicted octanol–water partition coefficient (Wildman–Crippen LogP) is 1.65. The number of hydrogen-bond acceptors (Lipinski definition) is 9. The number of nitrogen functional groups attached to an aromatic ring is 1. The van der Waals surface area contributed by atoms with Crippen LogP contribution in [0.15, 0.2) is 64.2 Å². The van der Waals surface area contributed by atoms with Gasteiger partial charge in [-0.15, -0.1) is 0 Å². The molecule has 0 atom stereocenters. The number of rotatable bonds is 7. The van der Waals surface area contributed by atoms with Crippen molar-refractivity contribution in [1.29, 1.82) is 0 Å². The highest BCUT2D eigenvalue weighted by molar-refractivity contribution is 7.89. The van der Waals surface area contributed by atoms with E-state index in [1.54, 1.807) is 29.1 Å². The van der Waals surface area contributed by atoms with Gasteiger partial charge in [-0.2, -0.15) is 19.7 Å². The first-order valence-electron chi connectivity index (χ1n) is 12.0. The van der Waals surface area contributed by atoms with E-state index in [0.717, 1.165) is 55.0 Å². The van der Waals surface area contributed by atoms with E-state index in [2.05, 4.69) is 29.7 Å². The van der Waals surface area contributed by atoms with Gasteiger partial charge in [0.15, 0.2) is 11.4 Å². The van der Waals surface area contributed by atoms with Crippen molar-refractivity contribution < 1.29 is 12.8 Å². The summed E-state index contributed by atoms with van der Waals surface area (Å²) in [6, 6.07) is 12.6. The van der Waals surface area contributed by atoms with E-state index in [4.69, 9.17) is 10.2 Å². The van der Waals surface area contributed by atoms with Gasteiger partial charge in [-0.05, 0) is 49.5 Å². The second-order valence-electron chi connectivity index (χ2n) is 8.91. The third-order valence-electron chi connectivity index (χ3n) is 6.79. The maximum absolute atomic E-state index is 12.0. The van der Waals surface area contributed by atoms with Crippen LogP contribution in [0.3, 0.4) is 0 Å². The van der Waals surface area contributed by atoms with E-state index in [1.807, 2.05) is 35.0 Å². The van der Waals surface area contributed by atoms with Crippen LogP contribution in [0.25, 0.3) is 28.0 Å². The van der Waals surface area contributed by atoms with Crippen molar-refractivity contribution in [1.82, 2.24) is 34.0 Å². The van der Waals surface area contributed by atoms with Gasteiger partial charge < -0.3 is 15.1 Å². The zero-order chi connectivity index (χ0) is 25.6. The Labute approximate surface area is 213 Å². The molecule has 6 rings (SSSR count). The number of hydrogen-bond donors (Lipinski definition) is 2. The molecule has 12 nitrogen and oxygen atoms in total. The summed E-state index contributed by atoms with van der Waals surface area (Å²) in [4.78, 5) is 9.50. The minimum absolute atomic E-state index is 0.267. The molecule has 192 valence electrons. The third-order valence-corrected chi connectivity index (χ3v) is 8.22. The quantitative estimate of drug-likeness (QED) is 0.327. The number of nitrogens with zero attached hydrogens (tertiary/aromatic N) is 7. The van der Waals surface area contributed by atoms with Crippen LogP contribution in [0.5, 0.6) is 0 Å². The lowest BCUT2D eigenvalue weighted by atomic mass is 10.2. The smallest absolute Gasteiger partial charge is 0.240 e. The number of anilines is 2. The Bertz CT molecular complexity index is 1650. The number of fused-ring (bicyclic) bond motifs is 3. The summed E-state index contributed by atoms with van der Waals surface area (Å²) in [6.07, 6.45) is 3.42. The molecule has 1 aromatic carbocycles. The highest BCUT2D eigenvalue weighted by atomic mass is 32.2. The number of nitrogens with two attached hydrogens (primary N) is 1. The molecule has 0 saturated carbocycles. The topological polar surface area (TPSA) is 140 Å². The molecule has 0 amide bonds. The minimum Gasteiger partial charge on any atom is -0.463 e. The maximum Gasteiger partial charge on any atom is 0.240 e. The van der Waals surface area contributed by atoms with Crippen LogP contribution in [0, 0.1) is 0 Å². The molecule has 5 aromatic rings. The van der Waals surface area contributed by atoms with Crippen molar-refractivity contribution in [3.8, 4) is 11.5 Å². The fourth-order valence-corrected chi connectivity index (χ4v) is 5.44.